The van der Waals surface area contributed by atoms with Gasteiger partial charge >= 0.3 is 6.09 Å². The summed E-state index contributed by atoms with van der Waals surface area (Å²) in [6, 6.07) is 27.8. The van der Waals surface area contributed by atoms with Crippen LogP contribution < -0.4 is 4.74 Å². The van der Waals surface area contributed by atoms with Crippen molar-refractivity contribution in [3.63, 3.8) is 0 Å². The molecule has 0 saturated heterocycles. The largest absolute Gasteiger partial charge is 0.488 e. The summed E-state index contributed by atoms with van der Waals surface area (Å²) < 4.78 is 27.1. The Morgan fingerprint density at radius 3 is 2.04 bits per heavy atom. The summed E-state index contributed by atoms with van der Waals surface area (Å²) in [5.74, 6) is 0.0608. The molecule has 2 atom stereocenters. The number of hydrogen-bond donors (Lipinski definition) is 1. The molecule has 0 fully saturated rings. The van der Waals surface area contributed by atoms with Crippen LogP contribution >= 0.6 is 11.7 Å². The van der Waals surface area contributed by atoms with E-state index in [4.69, 9.17) is 14.2 Å². The molecule has 53 heavy (non-hydrogen) atoms. The molecule has 1 N–H and O–H groups in total. The Hall–Kier alpha value is -4.84. The number of aromatic nitrogens is 2. The van der Waals surface area contributed by atoms with Crippen molar-refractivity contribution in [1.29, 1.82) is 0 Å². The van der Waals surface area contributed by atoms with Gasteiger partial charge in [0, 0.05) is 44.2 Å². The number of carbonyl (C=O) groups excluding carboxylic acids is 1. The zero-order valence-corrected chi connectivity index (χ0v) is 32.0. The van der Waals surface area contributed by atoms with Crippen molar-refractivity contribution >= 4 is 34.8 Å². The first-order valence-corrected chi connectivity index (χ1v) is 18.9. The third kappa shape index (κ3) is 8.53. The second-order valence-corrected chi connectivity index (χ2v) is 14.8. The van der Waals surface area contributed by atoms with E-state index in [1.165, 1.54) is 4.90 Å². The third-order valence-corrected chi connectivity index (χ3v) is 10.1. The second-order valence-electron chi connectivity index (χ2n) is 14.3. The van der Waals surface area contributed by atoms with Gasteiger partial charge in [0.05, 0.1) is 17.8 Å². The maximum absolute atomic E-state index is 15.4. The number of rotatable bonds is 15. The number of hydrogen-bond acceptors (Lipinski definition) is 8. The van der Waals surface area contributed by atoms with Crippen molar-refractivity contribution in [3.05, 3.63) is 113 Å². The lowest BCUT2D eigenvalue weighted by Crippen LogP contribution is -2.56. The van der Waals surface area contributed by atoms with Crippen molar-refractivity contribution < 1.29 is 28.9 Å². The van der Waals surface area contributed by atoms with Gasteiger partial charge in [-0.1, -0.05) is 72.8 Å². The van der Waals surface area contributed by atoms with Crippen LogP contribution in [0, 0.1) is 0 Å². The van der Waals surface area contributed by atoms with Crippen LogP contribution in [-0.4, -0.2) is 79.4 Å². The number of fused-ring (bicyclic) bond motifs is 4. The fraction of sp³-hybridized carbons (Fsp3) is 0.381. The minimum absolute atomic E-state index is 0.0825. The van der Waals surface area contributed by atoms with E-state index >= 15 is 4.79 Å². The number of amides is 2. The molecule has 278 valence electrons. The molecule has 6 rings (SSSR count). The Morgan fingerprint density at radius 1 is 0.830 bits per heavy atom. The van der Waals surface area contributed by atoms with E-state index in [0.29, 0.717) is 24.5 Å². The van der Waals surface area contributed by atoms with Gasteiger partial charge in [0.15, 0.2) is 6.29 Å². The molecule has 0 unspecified atom stereocenters. The molecule has 0 saturated carbocycles. The lowest BCUT2D eigenvalue weighted by molar-refractivity contribution is -0.180. The van der Waals surface area contributed by atoms with Crippen LogP contribution in [0.5, 0.6) is 5.75 Å². The van der Waals surface area contributed by atoms with Crippen LogP contribution in [0.15, 0.2) is 91.0 Å². The number of ether oxygens (including phenoxy) is 3. The van der Waals surface area contributed by atoms with Crippen LogP contribution in [0.3, 0.4) is 0 Å². The predicted octanol–water partition coefficient (Wildman–Crippen LogP) is 8.39. The van der Waals surface area contributed by atoms with Gasteiger partial charge in [-0.05, 0) is 87.6 Å². The molecule has 0 radical (unpaired) electrons. The van der Waals surface area contributed by atoms with Crippen molar-refractivity contribution in [2.45, 2.75) is 84.4 Å². The quantitative estimate of drug-likeness (QED) is 0.107. The maximum atomic E-state index is 15.4. The van der Waals surface area contributed by atoms with Crippen molar-refractivity contribution in [3.8, 4) is 16.9 Å². The van der Waals surface area contributed by atoms with Gasteiger partial charge in [0.25, 0.3) is 0 Å². The molecular formula is C42H48N4O6S. The Kier molecular flexibility index (Phi) is 11.8. The van der Waals surface area contributed by atoms with Crippen molar-refractivity contribution in [1.82, 2.24) is 18.5 Å². The first-order valence-electron chi connectivity index (χ1n) is 18.2. The summed E-state index contributed by atoms with van der Waals surface area (Å²) in [6.07, 6.45) is -1.79. The zero-order valence-electron chi connectivity index (χ0n) is 31.2. The van der Waals surface area contributed by atoms with Crippen LogP contribution in [-0.2, 0) is 27.2 Å². The molecular weight excluding hydrogens is 689 g/mol. The molecule has 10 nitrogen and oxygen atoms in total. The number of benzene rings is 4. The molecule has 11 heteroatoms. The van der Waals surface area contributed by atoms with Gasteiger partial charge < -0.3 is 24.2 Å². The van der Waals surface area contributed by atoms with E-state index in [0.717, 1.165) is 50.6 Å². The monoisotopic (exact) mass is 736 g/mol. The highest BCUT2D eigenvalue weighted by molar-refractivity contribution is 7.00. The molecule has 1 heterocycles. The molecule has 1 aliphatic rings. The molecule has 0 spiro atoms. The number of carbonyl (C=O) groups is 2. The Balaban J connectivity index is 1.44. The smallest absolute Gasteiger partial charge is 0.408 e. The minimum Gasteiger partial charge on any atom is -0.488 e. The van der Waals surface area contributed by atoms with Crippen LogP contribution in [0.4, 0.5) is 4.79 Å². The highest BCUT2D eigenvalue weighted by Crippen LogP contribution is 2.45. The van der Waals surface area contributed by atoms with Crippen LogP contribution in [0.1, 0.15) is 69.7 Å². The standard InChI is InChI=1S/C42H48N4O6S/c1-7-50-40(51-8-2)27(3)45(25-29-14-13-19-36-38(29)44-53-43-36)39(47)37(24-28-20-22-30(23-21-28)52-42(4,5)6)46(41(48)49)26-35-33-17-11-9-15-31(33)32-16-10-12-18-34(32)35/h9-23,27,35,37,40H,7-8,24-26H2,1-6H3,(H,48,49)/t27-,37-/m0/s1. The van der Waals surface area contributed by atoms with Crippen molar-refractivity contribution in [2.24, 2.45) is 0 Å². The molecule has 0 bridgehead atoms. The summed E-state index contributed by atoms with van der Waals surface area (Å²) >= 11 is 1.11. The average molecular weight is 737 g/mol. The fourth-order valence-electron chi connectivity index (χ4n) is 7.18. The highest BCUT2D eigenvalue weighted by Gasteiger charge is 2.40. The predicted molar refractivity (Wildman–Crippen MR) is 207 cm³/mol. The Labute approximate surface area is 315 Å². The van der Waals surface area contributed by atoms with Gasteiger partial charge in [0.2, 0.25) is 5.91 Å². The van der Waals surface area contributed by atoms with E-state index in [1.54, 1.807) is 4.90 Å². The van der Waals surface area contributed by atoms with Crippen molar-refractivity contribution in [2.75, 3.05) is 19.8 Å². The molecule has 0 aliphatic heterocycles. The average Bonchev–Trinajstić information content (AvgIpc) is 3.75. The fourth-order valence-corrected chi connectivity index (χ4v) is 7.75. The van der Waals surface area contributed by atoms with E-state index in [2.05, 4.69) is 33.0 Å². The SMILES string of the molecule is CCOC(OCC)[C@H](C)N(Cc1cccc2nsnc12)C(=O)[C@H](Cc1ccc(OC(C)(C)C)cc1)N(CC1c2ccccc2-c2ccccc21)C(=O)O. The van der Waals surface area contributed by atoms with Gasteiger partial charge in [-0.2, -0.15) is 8.75 Å². The van der Waals surface area contributed by atoms with Crippen LogP contribution in [0.25, 0.3) is 22.2 Å². The Morgan fingerprint density at radius 2 is 1.45 bits per heavy atom. The van der Waals surface area contributed by atoms with E-state index < -0.39 is 30.1 Å². The maximum Gasteiger partial charge on any atom is 0.408 e. The normalized spacial score (nSPS) is 13.8. The summed E-state index contributed by atoms with van der Waals surface area (Å²) in [4.78, 5) is 32.0. The molecule has 2 amide bonds. The van der Waals surface area contributed by atoms with E-state index in [9.17, 15) is 9.90 Å². The number of carboxylic acid groups (broad SMARTS) is 1. The molecule has 1 aliphatic carbocycles. The Bertz CT molecular complexity index is 1970. The highest BCUT2D eigenvalue weighted by atomic mass is 32.1. The van der Waals surface area contributed by atoms with E-state index in [-0.39, 0.29) is 31.3 Å². The summed E-state index contributed by atoms with van der Waals surface area (Å²) in [5.41, 5.74) is 6.87. The zero-order chi connectivity index (χ0) is 37.7. The minimum atomic E-state index is -1.18. The van der Waals surface area contributed by atoms with Gasteiger partial charge in [-0.15, -0.1) is 0 Å². The lowest BCUT2D eigenvalue weighted by Gasteiger charge is -2.39. The van der Waals surface area contributed by atoms with E-state index in [1.807, 2.05) is 108 Å². The summed E-state index contributed by atoms with van der Waals surface area (Å²) in [5, 5.41) is 11.1. The first kappa shape index (κ1) is 37.9. The van der Waals surface area contributed by atoms with Gasteiger partial charge in [0.1, 0.15) is 28.4 Å². The summed E-state index contributed by atoms with van der Waals surface area (Å²) in [6.45, 7) is 12.6. The summed E-state index contributed by atoms with van der Waals surface area (Å²) in [7, 11) is 0. The molecule has 5 aromatic rings. The first-order chi connectivity index (χ1) is 25.5. The second kappa shape index (κ2) is 16.4. The molecule has 1 aromatic heterocycles. The van der Waals surface area contributed by atoms with Gasteiger partial charge in [-0.25, -0.2) is 4.79 Å². The lowest BCUT2D eigenvalue weighted by atomic mass is 9.94. The number of nitrogens with zero attached hydrogens (tertiary/aromatic N) is 4. The molecule has 4 aromatic carbocycles. The topological polar surface area (TPSA) is 114 Å². The van der Waals surface area contributed by atoms with Gasteiger partial charge in [-0.3, -0.25) is 9.69 Å². The van der Waals surface area contributed by atoms with Crippen LogP contribution in [0.2, 0.25) is 0 Å². The third-order valence-electron chi connectivity index (χ3n) is 9.57.